The van der Waals surface area contributed by atoms with Crippen LogP contribution in [0.1, 0.15) is 53.4 Å². The Morgan fingerprint density at radius 1 is 1.30 bits per heavy atom. The lowest BCUT2D eigenvalue weighted by atomic mass is 9.86. The summed E-state index contributed by atoms with van der Waals surface area (Å²) in [6.45, 7) is 9.84. The lowest BCUT2D eigenvalue weighted by Gasteiger charge is -2.40. The molecule has 2 unspecified atom stereocenters. The van der Waals surface area contributed by atoms with Crippen molar-refractivity contribution in [1.29, 1.82) is 0 Å². The molecule has 0 spiro atoms. The summed E-state index contributed by atoms with van der Waals surface area (Å²) in [4.78, 5) is 0. The van der Waals surface area contributed by atoms with Gasteiger partial charge in [0.25, 0.3) is 0 Å². The maximum atomic E-state index is 12.3. The number of hydrogen-bond acceptors (Lipinski definition) is 4. The van der Waals surface area contributed by atoms with Crippen molar-refractivity contribution in [3.05, 3.63) is 0 Å². The molecule has 1 rings (SSSR count). The van der Waals surface area contributed by atoms with Crippen LogP contribution in [0, 0.1) is 0 Å². The van der Waals surface area contributed by atoms with Crippen LogP contribution in [0.15, 0.2) is 0 Å². The molecule has 1 aliphatic rings. The van der Waals surface area contributed by atoms with Crippen LogP contribution in [-0.4, -0.2) is 45.0 Å². The summed E-state index contributed by atoms with van der Waals surface area (Å²) in [5.41, 5.74) is -0.156. The highest BCUT2D eigenvalue weighted by molar-refractivity contribution is 7.90. The van der Waals surface area contributed by atoms with E-state index in [0.717, 1.165) is 32.2 Å². The predicted molar refractivity (Wildman–Crippen MR) is 82.3 cm³/mol. The topological polar surface area (TPSA) is 67.4 Å². The number of nitrogens with one attached hydrogen (secondary N) is 2. The monoisotopic (exact) mass is 306 g/mol. The van der Waals surface area contributed by atoms with Gasteiger partial charge in [0.2, 0.25) is 10.0 Å². The highest BCUT2D eigenvalue weighted by Crippen LogP contribution is 2.31. The van der Waals surface area contributed by atoms with Crippen molar-refractivity contribution >= 4 is 10.0 Å². The van der Waals surface area contributed by atoms with Gasteiger partial charge in [0.1, 0.15) is 0 Å². The van der Waals surface area contributed by atoms with E-state index in [1.807, 2.05) is 6.92 Å². The van der Waals surface area contributed by atoms with Crippen LogP contribution in [-0.2, 0) is 14.8 Å². The van der Waals surface area contributed by atoms with Crippen LogP contribution in [0.25, 0.3) is 0 Å². The van der Waals surface area contributed by atoms with Gasteiger partial charge >= 0.3 is 0 Å². The first-order chi connectivity index (χ1) is 9.39. The van der Waals surface area contributed by atoms with E-state index >= 15 is 0 Å². The Kier molecular flexibility index (Phi) is 6.91. The Morgan fingerprint density at radius 2 is 1.95 bits per heavy atom. The van der Waals surface area contributed by atoms with Crippen LogP contribution in [0.2, 0.25) is 0 Å². The van der Waals surface area contributed by atoms with Gasteiger partial charge in [-0.05, 0) is 39.2 Å². The molecule has 0 aliphatic carbocycles. The summed E-state index contributed by atoms with van der Waals surface area (Å²) in [5.74, 6) is 0. The van der Waals surface area contributed by atoms with Crippen molar-refractivity contribution in [2.24, 2.45) is 0 Å². The minimum absolute atomic E-state index is 0.00211. The van der Waals surface area contributed by atoms with E-state index in [-0.39, 0.29) is 11.6 Å². The first kappa shape index (κ1) is 17.9. The van der Waals surface area contributed by atoms with E-state index in [4.69, 9.17) is 4.74 Å². The molecule has 0 saturated carbocycles. The lowest BCUT2D eigenvalue weighted by molar-refractivity contribution is -0.0905. The molecule has 1 heterocycles. The molecule has 2 N–H and O–H groups in total. The second kappa shape index (κ2) is 7.73. The Labute approximate surface area is 123 Å². The number of rotatable bonds is 8. The number of hydrogen-bond donors (Lipinski definition) is 2. The molecule has 0 amide bonds. The standard InChI is InChI=1S/C14H30N2O3S/c1-5-14(6-2)10-13(8-9-19-14)16-20(17,18)12(4)11-15-7-3/h12-13,15-16H,5-11H2,1-4H3. The second-order valence-electron chi connectivity index (χ2n) is 5.71. The highest BCUT2D eigenvalue weighted by atomic mass is 32.2. The zero-order valence-corrected chi connectivity index (χ0v) is 14.1. The van der Waals surface area contributed by atoms with Gasteiger partial charge in [0.15, 0.2) is 0 Å². The molecule has 6 heteroatoms. The number of ether oxygens (including phenoxy) is 1. The fourth-order valence-corrected chi connectivity index (χ4v) is 3.91. The highest BCUT2D eigenvalue weighted by Gasteiger charge is 2.36. The Morgan fingerprint density at radius 3 is 2.50 bits per heavy atom. The third-order valence-electron chi connectivity index (χ3n) is 4.32. The molecular weight excluding hydrogens is 276 g/mol. The SMILES string of the molecule is CCNCC(C)S(=O)(=O)NC1CCOC(CC)(CC)C1. The van der Waals surface area contributed by atoms with E-state index in [1.165, 1.54) is 0 Å². The van der Waals surface area contributed by atoms with Gasteiger partial charge in [-0.3, -0.25) is 0 Å². The van der Waals surface area contributed by atoms with Gasteiger partial charge in [-0.1, -0.05) is 20.8 Å². The van der Waals surface area contributed by atoms with Gasteiger partial charge in [-0.2, -0.15) is 0 Å². The molecule has 0 radical (unpaired) electrons. The fourth-order valence-electron chi connectivity index (χ4n) is 2.68. The Bertz CT molecular complexity index is 380. The summed E-state index contributed by atoms with van der Waals surface area (Å²) in [6, 6.07) is -0.00211. The maximum Gasteiger partial charge on any atom is 0.215 e. The first-order valence-corrected chi connectivity index (χ1v) is 9.29. The third-order valence-corrected chi connectivity index (χ3v) is 6.21. The average molecular weight is 306 g/mol. The molecule has 0 bridgehead atoms. The van der Waals surface area contributed by atoms with E-state index < -0.39 is 15.3 Å². The molecular formula is C14H30N2O3S. The summed E-state index contributed by atoms with van der Waals surface area (Å²) in [7, 11) is -3.27. The van der Waals surface area contributed by atoms with Crippen LogP contribution in [0.3, 0.4) is 0 Å². The van der Waals surface area contributed by atoms with Gasteiger partial charge in [-0.25, -0.2) is 13.1 Å². The van der Waals surface area contributed by atoms with Crippen molar-refractivity contribution in [1.82, 2.24) is 10.0 Å². The van der Waals surface area contributed by atoms with Gasteiger partial charge in [0.05, 0.1) is 10.9 Å². The molecule has 1 fully saturated rings. The van der Waals surface area contributed by atoms with Crippen LogP contribution in [0.5, 0.6) is 0 Å². The number of sulfonamides is 1. The van der Waals surface area contributed by atoms with Gasteiger partial charge < -0.3 is 10.1 Å². The molecule has 0 aromatic rings. The first-order valence-electron chi connectivity index (χ1n) is 7.75. The van der Waals surface area contributed by atoms with Crippen molar-refractivity contribution in [2.75, 3.05) is 19.7 Å². The average Bonchev–Trinajstić information content (AvgIpc) is 2.44. The molecule has 20 heavy (non-hydrogen) atoms. The zero-order valence-electron chi connectivity index (χ0n) is 13.2. The van der Waals surface area contributed by atoms with E-state index in [1.54, 1.807) is 6.92 Å². The zero-order chi connectivity index (χ0) is 15.2. The maximum absolute atomic E-state index is 12.3. The second-order valence-corrected chi connectivity index (χ2v) is 7.84. The lowest BCUT2D eigenvalue weighted by Crippen LogP contribution is -2.50. The van der Waals surface area contributed by atoms with Crippen LogP contribution >= 0.6 is 0 Å². The predicted octanol–water partition coefficient (Wildman–Crippen LogP) is 1.64. The molecule has 0 aromatic carbocycles. The summed E-state index contributed by atoms with van der Waals surface area (Å²) in [5, 5.41) is 2.67. The summed E-state index contributed by atoms with van der Waals surface area (Å²) < 4.78 is 33.4. The minimum atomic E-state index is -3.27. The fraction of sp³-hybridized carbons (Fsp3) is 1.00. The largest absolute Gasteiger partial charge is 0.375 e. The third kappa shape index (κ3) is 4.69. The van der Waals surface area contributed by atoms with Crippen LogP contribution < -0.4 is 10.0 Å². The van der Waals surface area contributed by atoms with Gasteiger partial charge in [-0.15, -0.1) is 0 Å². The van der Waals surface area contributed by atoms with E-state index in [2.05, 4.69) is 23.9 Å². The normalized spacial score (nSPS) is 24.5. The minimum Gasteiger partial charge on any atom is -0.375 e. The quantitative estimate of drug-likeness (QED) is 0.715. The molecule has 120 valence electrons. The van der Waals surface area contributed by atoms with Crippen LogP contribution in [0.4, 0.5) is 0 Å². The van der Waals surface area contributed by atoms with E-state index in [9.17, 15) is 8.42 Å². The molecule has 0 aromatic heterocycles. The Hall–Kier alpha value is -0.170. The smallest absolute Gasteiger partial charge is 0.215 e. The summed E-state index contributed by atoms with van der Waals surface area (Å²) in [6.07, 6.45) is 3.38. The molecule has 2 atom stereocenters. The molecule has 5 nitrogen and oxygen atoms in total. The summed E-state index contributed by atoms with van der Waals surface area (Å²) >= 11 is 0. The van der Waals surface area contributed by atoms with Crippen molar-refractivity contribution in [3.8, 4) is 0 Å². The molecule has 1 saturated heterocycles. The van der Waals surface area contributed by atoms with Crippen molar-refractivity contribution < 1.29 is 13.2 Å². The van der Waals surface area contributed by atoms with Crippen molar-refractivity contribution in [3.63, 3.8) is 0 Å². The van der Waals surface area contributed by atoms with Crippen molar-refractivity contribution in [2.45, 2.75) is 70.3 Å². The van der Waals surface area contributed by atoms with E-state index in [0.29, 0.717) is 13.2 Å². The Balaban J connectivity index is 2.63. The van der Waals surface area contributed by atoms with Gasteiger partial charge in [0, 0.05) is 19.2 Å². The molecule has 1 aliphatic heterocycles.